The molecule has 1 aliphatic heterocycles. The first-order valence-corrected chi connectivity index (χ1v) is 3.97. The molecular weight excluding hydrogens is 188 g/mol. The van der Waals surface area contributed by atoms with Gasteiger partial charge in [0.05, 0.1) is 0 Å². The maximum atomic E-state index is 11.2. The van der Waals surface area contributed by atoms with Gasteiger partial charge in [-0.3, -0.25) is 14.8 Å². The van der Waals surface area contributed by atoms with Crippen molar-refractivity contribution in [3.05, 3.63) is 31.7 Å². The molecule has 0 aromatic carbocycles. The van der Waals surface area contributed by atoms with Gasteiger partial charge in [0.1, 0.15) is 0 Å². The van der Waals surface area contributed by atoms with Crippen LogP contribution in [0.1, 0.15) is 13.8 Å². The van der Waals surface area contributed by atoms with Crippen LogP contribution in [0.2, 0.25) is 0 Å². The predicted molar refractivity (Wildman–Crippen MR) is 45.2 cm³/mol. The average Bonchev–Trinajstić information content (AvgIpc) is 2.00. The molecule has 0 unspecified atom stereocenters. The van der Waals surface area contributed by atoms with Crippen LogP contribution in [0.15, 0.2) is 19.7 Å². The minimum atomic E-state index is -0.857. The van der Waals surface area contributed by atoms with Crippen LogP contribution < -0.4 is 22.1 Å². The van der Waals surface area contributed by atoms with Crippen LogP contribution in [-0.4, -0.2) is 15.7 Å². The van der Waals surface area contributed by atoms with E-state index < -0.39 is 17.0 Å². The fourth-order valence-corrected chi connectivity index (χ4v) is 1.08. The quantitative estimate of drug-likeness (QED) is 0.501. The second kappa shape index (κ2) is 2.53. The summed E-state index contributed by atoms with van der Waals surface area (Å²) in [5.74, 6) is 0. The highest BCUT2D eigenvalue weighted by Crippen LogP contribution is 2.09. The van der Waals surface area contributed by atoms with Gasteiger partial charge in [-0.25, -0.2) is 9.79 Å². The second-order valence-electron chi connectivity index (χ2n) is 3.35. The second-order valence-corrected chi connectivity index (χ2v) is 3.35. The summed E-state index contributed by atoms with van der Waals surface area (Å²) in [6.07, 6.45) is 0. The summed E-state index contributed by atoms with van der Waals surface area (Å²) in [7, 11) is 0. The molecule has 14 heavy (non-hydrogen) atoms. The lowest BCUT2D eigenvalue weighted by atomic mass is 10.3. The van der Waals surface area contributed by atoms with Crippen molar-refractivity contribution in [1.82, 2.24) is 9.97 Å². The first-order chi connectivity index (χ1) is 6.48. The van der Waals surface area contributed by atoms with Gasteiger partial charge in [-0.05, 0) is 13.8 Å². The van der Waals surface area contributed by atoms with Crippen LogP contribution in [0.25, 0.3) is 0 Å². The molecule has 2 N–H and O–H groups in total. The highest BCUT2D eigenvalue weighted by atomic mass is 16.7. The molecule has 74 valence electrons. The molecule has 0 radical (unpaired) electrons. The minimum absolute atomic E-state index is 0.0103. The fraction of sp³-hybridized carbons (Fsp3) is 0.429. The fourth-order valence-electron chi connectivity index (χ4n) is 1.08. The first-order valence-electron chi connectivity index (χ1n) is 3.97. The Hall–Kier alpha value is -1.92. The normalized spacial score (nSPS) is 17.3. The molecular formula is C7H8N4O3. The molecule has 2 rings (SSSR count). The Balaban J connectivity index is 2.94. The van der Waals surface area contributed by atoms with Crippen molar-refractivity contribution in [3.8, 4) is 0 Å². The Morgan fingerprint density at radius 3 is 2.71 bits per heavy atom. The third kappa shape index (κ3) is 1.32. The SMILES string of the molecule is CC1(C)N=c2[nH]c(=O)[nH]c(=O)c2=NO1. The van der Waals surface area contributed by atoms with E-state index in [2.05, 4.69) is 15.1 Å². The number of aromatic amines is 2. The summed E-state index contributed by atoms with van der Waals surface area (Å²) < 4.78 is 0. The van der Waals surface area contributed by atoms with Gasteiger partial charge in [0.15, 0.2) is 5.49 Å². The van der Waals surface area contributed by atoms with Crippen molar-refractivity contribution >= 4 is 0 Å². The maximum Gasteiger partial charge on any atom is 0.327 e. The number of fused-ring (bicyclic) bond motifs is 1. The third-order valence-corrected chi connectivity index (χ3v) is 1.64. The minimum Gasteiger partial charge on any atom is -0.365 e. The molecule has 7 nitrogen and oxygen atoms in total. The largest absolute Gasteiger partial charge is 0.365 e. The van der Waals surface area contributed by atoms with Crippen LogP contribution in [0, 0.1) is 0 Å². The van der Waals surface area contributed by atoms with Gasteiger partial charge in [-0.2, -0.15) is 0 Å². The zero-order valence-corrected chi connectivity index (χ0v) is 7.62. The van der Waals surface area contributed by atoms with E-state index in [-0.39, 0.29) is 10.8 Å². The molecule has 2 heterocycles. The summed E-state index contributed by atoms with van der Waals surface area (Å²) in [6.45, 7) is 3.33. The van der Waals surface area contributed by atoms with Crippen molar-refractivity contribution < 1.29 is 4.84 Å². The van der Waals surface area contributed by atoms with Crippen molar-refractivity contribution in [2.75, 3.05) is 0 Å². The average molecular weight is 196 g/mol. The molecule has 0 saturated heterocycles. The Morgan fingerprint density at radius 1 is 1.29 bits per heavy atom. The van der Waals surface area contributed by atoms with E-state index in [1.54, 1.807) is 13.8 Å². The Morgan fingerprint density at radius 2 is 2.00 bits per heavy atom. The van der Waals surface area contributed by atoms with Crippen LogP contribution in [0.4, 0.5) is 0 Å². The van der Waals surface area contributed by atoms with Gasteiger partial charge in [-0.15, -0.1) is 0 Å². The van der Waals surface area contributed by atoms with E-state index in [1.807, 2.05) is 4.98 Å². The molecule has 0 saturated carbocycles. The summed E-state index contributed by atoms with van der Waals surface area (Å²) in [5.41, 5.74) is -1.92. The predicted octanol–water partition coefficient (Wildman–Crippen LogP) is -2.02. The van der Waals surface area contributed by atoms with Crippen LogP contribution >= 0.6 is 0 Å². The number of hydrogen-bond donors (Lipinski definition) is 2. The molecule has 1 aromatic rings. The number of hydrogen-bond acceptors (Lipinski definition) is 5. The molecule has 0 fully saturated rings. The first kappa shape index (κ1) is 8.67. The van der Waals surface area contributed by atoms with Crippen molar-refractivity contribution in [3.63, 3.8) is 0 Å². The van der Waals surface area contributed by atoms with Gasteiger partial charge in [0.25, 0.3) is 5.56 Å². The lowest BCUT2D eigenvalue weighted by Gasteiger charge is -2.18. The lowest BCUT2D eigenvalue weighted by molar-refractivity contribution is -0.0253. The summed E-state index contributed by atoms with van der Waals surface area (Å²) in [6, 6.07) is 0. The Labute approximate surface area is 77.1 Å². The van der Waals surface area contributed by atoms with Crippen molar-refractivity contribution in [1.29, 1.82) is 0 Å². The molecule has 1 aromatic heterocycles. The summed E-state index contributed by atoms with van der Waals surface area (Å²) >= 11 is 0. The molecule has 0 aliphatic carbocycles. The smallest absolute Gasteiger partial charge is 0.327 e. The highest BCUT2D eigenvalue weighted by Gasteiger charge is 2.21. The summed E-state index contributed by atoms with van der Waals surface area (Å²) in [4.78, 5) is 35.4. The lowest BCUT2D eigenvalue weighted by Crippen LogP contribution is -2.52. The molecule has 0 spiro atoms. The van der Waals surface area contributed by atoms with E-state index in [4.69, 9.17) is 4.84 Å². The Bertz CT molecular complexity index is 595. The van der Waals surface area contributed by atoms with E-state index in [9.17, 15) is 9.59 Å². The van der Waals surface area contributed by atoms with Gasteiger partial charge in [0.2, 0.25) is 11.1 Å². The highest BCUT2D eigenvalue weighted by molar-refractivity contribution is 4.85. The Kier molecular flexibility index (Phi) is 1.57. The molecule has 7 heteroatoms. The number of nitrogens with one attached hydrogen (secondary N) is 2. The molecule has 0 bridgehead atoms. The number of aromatic nitrogens is 2. The molecule has 0 amide bonds. The standard InChI is InChI=1S/C7H8N4O3/c1-7(2)10-4-3(11-14-7)5(12)9-6(13)8-4/h1-2H3,(H2,8,9,10,12,13). The molecule has 0 atom stereocenters. The van der Waals surface area contributed by atoms with E-state index in [0.717, 1.165) is 0 Å². The number of rotatable bonds is 0. The van der Waals surface area contributed by atoms with Crippen LogP contribution in [0.5, 0.6) is 0 Å². The van der Waals surface area contributed by atoms with E-state index in [1.165, 1.54) is 0 Å². The third-order valence-electron chi connectivity index (χ3n) is 1.64. The summed E-state index contributed by atoms with van der Waals surface area (Å²) in [5, 5.41) is 3.57. The number of H-pyrrole nitrogens is 2. The topological polar surface area (TPSA) is 99.7 Å². The molecule has 1 aliphatic rings. The maximum absolute atomic E-state index is 11.2. The van der Waals surface area contributed by atoms with Gasteiger partial charge in [0, 0.05) is 0 Å². The van der Waals surface area contributed by atoms with Crippen molar-refractivity contribution in [2.45, 2.75) is 19.6 Å². The zero-order valence-electron chi connectivity index (χ0n) is 7.62. The van der Waals surface area contributed by atoms with Gasteiger partial charge in [-0.1, -0.05) is 5.16 Å². The number of nitrogens with zero attached hydrogens (tertiary/aromatic N) is 2. The van der Waals surface area contributed by atoms with Crippen molar-refractivity contribution in [2.24, 2.45) is 10.1 Å². The van der Waals surface area contributed by atoms with Gasteiger partial charge >= 0.3 is 5.69 Å². The van der Waals surface area contributed by atoms with E-state index in [0.29, 0.717) is 0 Å². The van der Waals surface area contributed by atoms with Crippen LogP contribution in [-0.2, 0) is 4.84 Å². The van der Waals surface area contributed by atoms with E-state index >= 15 is 0 Å². The monoisotopic (exact) mass is 196 g/mol. The van der Waals surface area contributed by atoms with Gasteiger partial charge < -0.3 is 4.84 Å². The zero-order chi connectivity index (χ0) is 10.3. The van der Waals surface area contributed by atoms with Crippen LogP contribution in [0.3, 0.4) is 0 Å².